The fourth-order valence-corrected chi connectivity index (χ4v) is 2.45. The van der Waals surface area contributed by atoms with Crippen LogP contribution in [0.4, 0.5) is 0 Å². The van der Waals surface area contributed by atoms with Crippen molar-refractivity contribution >= 4 is 15.7 Å². The van der Waals surface area contributed by atoms with Gasteiger partial charge in [-0.25, -0.2) is 8.42 Å². The number of carbonyl (C=O) groups is 1. The van der Waals surface area contributed by atoms with Gasteiger partial charge in [0.25, 0.3) is 0 Å². The average molecular weight is 248 g/mol. The zero-order valence-electron chi connectivity index (χ0n) is 9.66. The summed E-state index contributed by atoms with van der Waals surface area (Å²) in [6.07, 6.45) is 3.30. The van der Waals surface area contributed by atoms with Gasteiger partial charge < -0.3 is 10.6 Å². The Labute approximate surface area is 96.9 Å². The summed E-state index contributed by atoms with van der Waals surface area (Å²) >= 11 is 0. The Balaban J connectivity index is 2.06. The molecule has 1 aliphatic rings. The van der Waals surface area contributed by atoms with Gasteiger partial charge in [-0.15, -0.1) is 0 Å². The van der Waals surface area contributed by atoms with E-state index in [4.69, 9.17) is 0 Å². The van der Waals surface area contributed by atoms with Crippen LogP contribution < -0.4 is 10.6 Å². The first kappa shape index (κ1) is 13.4. The van der Waals surface area contributed by atoms with Gasteiger partial charge in [0.05, 0.1) is 5.75 Å². The predicted molar refractivity (Wildman–Crippen MR) is 62.9 cm³/mol. The van der Waals surface area contributed by atoms with Crippen LogP contribution in [0.2, 0.25) is 0 Å². The van der Waals surface area contributed by atoms with Crippen LogP contribution in [0.15, 0.2) is 0 Å². The van der Waals surface area contributed by atoms with E-state index in [2.05, 4.69) is 10.6 Å². The third-order valence-electron chi connectivity index (χ3n) is 2.65. The Kier molecular flexibility index (Phi) is 5.21. The van der Waals surface area contributed by atoms with Gasteiger partial charge in [-0.3, -0.25) is 4.79 Å². The summed E-state index contributed by atoms with van der Waals surface area (Å²) in [7, 11) is -2.91. The third-order valence-corrected chi connectivity index (χ3v) is 3.68. The first-order valence-electron chi connectivity index (χ1n) is 5.62. The standard InChI is InChI=1S/C10H20N2O3S/c1-16(14,15)6-2-4-12-10(13)7-9-3-5-11-8-9/h9,11H,2-8H2,1H3,(H,12,13). The van der Waals surface area contributed by atoms with E-state index in [1.165, 1.54) is 6.26 Å². The molecule has 1 heterocycles. The van der Waals surface area contributed by atoms with E-state index < -0.39 is 9.84 Å². The van der Waals surface area contributed by atoms with Crippen LogP contribution in [-0.4, -0.2) is 46.0 Å². The molecule has 0 spiro atoms. The Morgan fingerprint density at radius 3 is 2.81 bits per heavy atom. The van der Waals surface area contributed by atoms with E-state index in [-0.39, 0.29) is 11.7 Å². The van der Waals surface area contributed by atoms with E-state index >= 15 is 0 Å². The molecule has 1 saturated heterocycles. The molecule has 6 heteroatoms. The van der Waals surface area contributed by atoms with Crippen molar-refractivity contribution in [1.29, 1.82) is 0 Å². The minimum atomic E-state index is -2.91. The molecule has 1 fully saturated rings. The lowest BCUT2D eigenvalue weighted by Gasteiger charge is -2.08. The van der Waals surface area contributed by atoms with Gasteiger partial charge in [0, 0.05) is 19.2 Å². The Hall–Kier alpha value is -0.620. The lowest BCUT2D eigenvalue weighted by atomic mass is 10.0. The van der Waals surface area contributed by atoms with Crippen LogP contribution in [-0.2, 0) is 14.6 Å². The molecule has 5 nitrogen and oxygen atoms in total. The molecule has 0 saturated carbocycles. The fraction of sp³-hybridized carbons (Fsp3) is 0.900. The van der Waals surface area contributed by atoms with Crippen molar-refractivity contribution in [3.05, 3.63) is 0 Å². The molecule has 0 radical (unpaired) electrons. The number of amides is 1. The van der Waals surface area contributed by atoms with Crippen LogP contribution >= 0.6 is 0 Å². The molecule has 1 aliphatic heterocycles. The summed E-state index contributed by atoms with van der Waals surface area (Å²) in [6, 6.07) is 0. The van der Waals surface area contributed by atoms with E-state index in [1.807, 2.05) is 0 Å². The minimum Gasteiger partial charge on any atom is -0.356 e. The lowest BCUT2D eigenvalue weighted by molar-refractivity contribution is -0.121. The van der Waals surface area contributed by atoms with Gasteiger partial charge in [-0.05, 0) is 31.8 Å². The maximum Gasteiger partial charge on any atom is 0.220 e. The maximum absolute atomic E-state index is 11.4. The van der Waals surface area contributed by atoms with E-state index in [0.717, 1.165) is 19.5 Å². The zero-order chi connectivity index (χ0) is 12.0. The normalized spacial score (nSPS) is 20.9. The first-order chi connectivity index (χ1) is 7.47. The van der Waals surface area contributed by atoms with Gasteiger partial charge >= 0.3 is 0 Å². The summed E-state index contributed by atoms with van der Waals surface area (Å²) in [4.78, 5) is 11.4. The van der Waals surface area contributed by atoms with E-state index in [9.17, 15) is 13.2 Å². The van der Waals surface area contributed by atoms with Crippen LogP contribution in [0.1, 0.15) is 19.3 Å². The van der Waals surface area contributed by atoms with Gasteiger partial charge in [-0.2, -0.15) is 0 Å². The Bertz CT molecular complexity index is 321. The lowest BCUT2D eigenvalue weighted by Crippen LogP contribution is -2.28. The molecular formula is C10H20N2O3S. The van der Waals surface area contributed by atoms with Crippen molar-refractivity contribution in [2.24, 2.45) is 5.92 Å². The summed E-state index contributed by atoms with van der Waals surface area (Å²) in [6.45, 7) is 2.36. The monoisotopic (exact) mass is 248 g/mol. The number of hydrogen-bond acceptors (Lipinski definition) is 4. The van der Waals surface area contributed by atoms with Crippen LogP contribution in [0, 0.1) is 5.92 Å². The maximum atomic E-state index is 11.4. The summed E-state index contributed by atoms with van der Waals surface area (Å²) in [5, 5.41) is 5.96. The highest BCUT2D eigenvalue weighted by Crippen LogP contribution is 2.11. The van der Waals surface area contributed by atoms with Crippen molar-refractivity contribution in [2.75, 3.05) is 31.6 Å². The van der Waals surface area contributed by atoms with Gasteiger partial charge in [-0.1, -0.05) is 0 Å². The van der Waals surface area contributed by atoms with Crippen molar-refractivity contribution < 1.29 is 13.2 Å². The Morgan fingerprint density at radius 1 is 1.50 bits per heavy atom. The van der Waals surface area contributed by atoms with Crippen molar-refractivity contribution in [1.82, 2.24) is 10.6 Å². The second-order valence-corrected chi connectivity index (χ2v) is 6.66. The molecule has 0 bridgehead atoms. The second-order valence-electron chi connectivity index (χ2n) is 4.40. The van der Waals surface area contributed by atoms with Crippen molar-refractivity contribution in [2.45, 2.75) is 19.3 Å². The van der Waals surface area contributed by atoms with Crippen molar-refractivity contribution in [3.63, 3.8) is 0 Å². The molecule has 2 N–H and O–H groups in total. The van der Waals surface area contributed by atoms with Gasteiger partial charge in [0.1, 0.15) is 9.84 Å². The molecule has 1 amide bonds. The zero-order valence-corrected chi connectivity index (χ0v) is 10.5. The molecule has 1 atom stereocenters. The van der Waals surface area contributed by atoms with Crippen LogP contribution in [0.3, 0.4) is 0 Å². The van der Waals surface area contributed by atoms with E-state index in [0.29, 0.717) is 25.3 Å². The largest absolute Gasteiger partial charge is 0.356 e. The number of nitrogens with one attached hydrogen (secondary N) is 2. The van der Waals surface area contributed by atoms with Gasteiger partial charge in [0.2, 0.25) is 5.91 Å². The van der Waals surface area contributed by atoms with Crippen LogP contribution in [0.25, 0.3) is 0 Å². The topological polar surface area (TPSA) is 75.3 Å². The highest BCUT2D eigenvalue weighted by molar-refractivity contribution is 7.90. The molecule has 16 heavy (non-hydrogen) atoms. The quantitative estimate of drug-likeness (QED) is 0.624. The SMILES string of the molecule is CS(=O)(=O)CCCNC(=O)CC1CCNC1. The number of hydrogen-bond donors (Lipinski definition) is 2. The number of carbonyl (C=O) groups excluding carboxylic acids is 1. The average Bonchev–Trinajstić information content (AvgIpc) is 2.63. The number of sulfone groups is 1. The minimum absolute atomic E-state index is 0.0298. The predicted octanol–water partition coefficient (Wildman–Crippen LogP) is -0.463. The smallest absolute Gasteiger partial charge is 0.220 e. The molecule has 1 unspecified atom stereocenters. The summed E-state index contributed by atoms with van der Waals surface area (Å²) < 4.78 is 21.7. The first-order valence-corrected chi connectivity index (χ1v) is 7.68. The Morgan fingerprint density at radius 2 is 2.25 bits per heavy atom. The molecule has 94 valence electrons. The fourth-order valence-electron chi connectivity index (χ4n) is 1.79. The highest BCUT2D eigenvalue weighted by atomic mass is 32.2. The van der Waals surface area contributed by atoms with Crippen molar-refractivity contribution in [3.8, 4) is 0 Å². The molecule has 1 rings (SSSR count). The molecule has 0 aromatic rings. The highest BCUT2D eigenvalue weighted by Gasteiger charge is 2.17. The van der Waals surface area contributed by atoms with E-state index in [1.54, 1.807) is 0 Å². The third kappa shape index (κ3) is 6.07. The van der Waals surface area contributed by atoms with Gasteiger partial charge in [0.15, 0.2) is 0 Å². The molecular weight excluding hydrogens is 228 g/mol. The summed E-state index contributed by atoms with van der Waals surface area (Å²) in [5.41, 5.74) is 0. The molecule has 0 aromatic heterocycles. The number of rotatable bonds is 6. The second kappa shape index (κ2) is 6.20. The summed E-state index contributed by atoms with van der Waals surface area (Å²) in [5.74, 6) is 0.607. The van der Waals surface area contributed by atoms with Crippen LogP contribution in [0.5, 0.6) is 0 Å². The molecule has 0 aromatic carbocycles. The molecule has 0 aliphatic carbocycles.